The highest BCUT2D eigenvalue weighted by Gasteiger charge is 2.09. The Morgan fingerprint density at radius 2 is 2.29 bits per heavy atom. The van der Waals surface area contributed by atoms with Gasteiger partial charge in [-0.2, -0.15) is 15.6 Å². The van der Waals surface area contributed by atoms with Gasteiger partial charge in [-0.05, 0) is 19.1 Å². The number of H-pyrrole nitrogens is 1. The topological polar surface area (TPSA) is 78.2 Å². The van der Waals surface area contributed by atoms with Gasteiger partial charge in [-0.25, -0.2) is 0 Å². The maximum absolute atomic E-state index is 8.75. The van der Waals surface area contributed by atoms with Crippen LogP contribution in [-0.2, 0) is 0 Å². The number of aromatic nitrogens is 4. The molecule has 1 N–H and O–H groups in total. The fraction of sp³-hybridized carbons (Fsp3) is 0.111. The van der Waals surface area contributed by atoms with Gasteiger partial charge in [-0.15, -0.1) is 5.10 Å². The van der Waals surface area contributed by atoms with Crippen LogP contribution in [0.3, 0.4) is 0 Å². The fourth-order valence-corrected chi connectivity index (χ4v) is 1.20. The zero-order valence-corrected chi connectivity index (χ0v) is 7.52. The van der Waals surface area contributed by atoms with Crippen LogP contribution in [-0.4, -0.2) is 20.4 Å². The Hall–Kier alpha value is -2.22. The largest absolute Gasteiger partial charge is 0.262 e. The molecule has 0 atom stereocenters. The Kier molecular flexibility index (Phi) is 1.95. The summed E-state index contributed by atoms with van der Waals surface area (Å²) in [5, 5.41) is 18.8. The number of nitriles is 1. The summed E-state index contributed by atoms with van der Waals surface area (Å²) >= 11 is 0. The molecule has 0 spiro atoms. The maximum atomic E-state index is 8.75. The standard InChI is InChI=1S/C9H7N5/c1-6-4-7(2-3-11-6)9-8(5-10)12-14-13-9/h2-4H,1H3,(H,12,13,14). The molecule has 14 heavy (non-hydrogen) atoms. The highest BCUT2D eigenvalue weighted by molar-refractivity contribution is 5.63. The lowest BCUT2D eigenvalue weighted by atomic mass is 10.1. The van der Waals surface area contributed by atoms with Crippen molar-refractivity contribution in [3.8, 4) is 17.3 Å². The van der Waals surface area contributed by atoms with Crippen LogP contribution in [0.5, 0.6) is 0 Å². The Bertz CT molecular complexity index is 494. The van der Waals surface area contributed by atoms with Crippen molar-refractivity contribution in [3.05, 3.63) is 29.7 Å². The minimum absolute atomic E-state index is 0.301. The van der Waals surface area contributed by atoms with Gasteiger partial charge in [-0.1, -0.05) is 0 Å². The second-order valence-corrected chi connectivity index (χ2v) is 2.82. The van der Waals surface area contributed by atoms with Crippen LogP contribution in [0.4, 0.5) is 0 Å². The van der Waals surface area contributed by atoms with Crippen molar-refractivity contribution in [2.45, 2.75) is 6.92 Å². The third-order valence-electron chi connectivity index (χ3n) is 1.82. The second-order valence-electron chi connectivity index (χ2n) is 2.82. The first-order chi connectivity index (χ1) is 6.81. The molecule has 2 rings (SSSR count). The Morgan fingerprint density at radius 3 is 3.00 bits per heavy atom. The number of nitrogens with zero attached hydrogens (tertiary/aromatic N) is 4. The van der Waals surface area contributed by atoms with Gasteiger partial charge in [0.25, 0.3) is 0 Å². The molecule has 0 fully saturated rings. The second kappa shape index (κ2) is 3.26. The quantitative estimate of drug-likeness (QED) is 0.720. The molecule has 2 aromatic heterocycles. The first kappa shape index (κ1) is 8.38. The predicted octanol–water partition coefficient (Wildman–Crippen LogP) is 1.05. The Morgan fingerprint density at radius 1 is 1.43 bits per heavy atom. The van der Waals surface area contributed by atoms with Crippen LogP contribution < -0.4 is 0 Å². The van der Waals surface area contributed by atoms with E-state index >= 15 is 0 Å². The lowest BCUT2D eigenvalue weighted by molar-refractivity contribution is 0.937. The molecule has 0 aliphatic rings. The molecule has 0 bridgehead atoms. The van der Waals surface area contributed by atoms with Crippen LogP contribution in [0.25, 0.3) is 11.3 Å². The van der Waals surface area contributed by atoms with Crippen LogP contribution >= 0.6 is 0 Å². The first-order valence-corrected chi connectivity index (χ1v) is 4.05. The van der Waals surface area contributed by atoms with Crippen LogP contribution in [0.2, 0.25) is 0 Å². The molecule has 0 saturated heterocycles. The van der Waals surface area contributed by atoms with Crippen molar-refractivity contribution < 1.29 is 0 Å². The van der Waals surface area contributed by atoms with E-state index in [1.807, 2.05) is 19.1 Å². The molecule has 2 heterocycles. The van der Waals surface area contributed by atoms with Crippen molar-refractivity contribution in [1.29, 1.82) is 5.26 Å². The predicted molar refractivity (Wildman–Crippen MR) is 49.1 cm³/mol. The summed E-state index contributed by atoms with van der Waals surface area (Å²) in [6, 6.07) is 5.63. The lowest BCUT2D eigenvalue weighted by Gasteiger charge is -1.96. The number of aromatic amines is 1. The van der Waals surface area contributed by atoms with Gasteiger partial charge < -0.3 is 0 Å². The molecular weight excluding hydrogens is 178 g/mol. The molecule has 0 aliphatic carbocycles. The van der Waals surface area contributed by atoms with Crippen molar-refractivity contribution in [2.75, 3.05) is 0 Å². The van der Waals surface area contributed by atoms with E-state index in [2.05, 4.69) is 20.4 Å². The summed E-state index contributed by atoms with van der Waals surface area (Å²) in [5.74, 6) is 0. The van der Waals surface area contributed by atoms with Gasteiger partial charge in [0.2, 0.25) is 0 Å². The zero-order chi connectivity index (χ0) is 9.97. The Labute approximate surface area is 80.4 Å². The smallest absolute Gasteiger partial charge is 0.190 e. The molecule has 5 heteroatoms. The molecule has 0 radical (unpaired) electrons. The van der Waals surface area contributed by atoms with E-state index < -0.39 is 0 Å². The molecule has 5 nitrogen and oxygen atoms in total. The number of hydrogen-bond acceptors (Lipinski definition) is 4. The van der Waals surface area contributed by atoms with E-state index in [0.717, 1.165) is 11.3 Å². The monoisotopic (exact) mass is 185 g/mol. The fourth-order valence-electron chi connectivity index (χ4n) is 1.20. The van der Waals surface area contributed by atoms with Crippen molar-refractivity contribution in [2.24, 2.45) is 0 Å². The van der Waals surface area contributed by atoms with Crippen LogP contribution in [0.1, 0.15) is 11.4 Å². The molecule has 0 amide bonds. The number of nitrogens with one attached hydrogen (secondary N) is 1. The third-order valence-corrected chi connectivity index (χ3v) is 1.82. The Balaban J connectivity index is 2.56. The average molecular weight is 185 g/mol. The van der Waals surface area contributed by atoms with E-state index in [1.54, 1.807) is 12.3 Å². The molecule has 0 aliphatic heterocycles. The van der Waals surface area contributed by atoms with Crippen molar-refractivity contribution in [3.63, 3.8) is 0 Å². The van der Waals surface area contributed by atoms with E-state index in [-0.39, 0.29) is 0 Å². The molecule has 0 aromatic carbocycles. The SMILES string of the molecule is Cc1cc(-c2n[nH]nc2C#N)ccn1. The summed E-state index contributed by atoms with van der Waals surface area (Å²) in [4.78, 5) is 4.06. The molecular formula is C9H7N5. The van der Waals surface area contributed by atoms with Gasteiger partial charge in [0.05, 0.1) is 0 Å². The van der Waals surface area contributed by atoms with Gasteiger partial charge in [0.15, 0.2) is 5.69 Å². The average Bonchev–Trinajstić information content (AvgIpc) is 2.65. The minimum atomic E-state index is 0.301. The third kappa shape index (κ3) is 1.33. The van der Waals surface area contributed by atoms with Crippen molar-refractivity contribution >= 4 is 0 Å². The summed E-state index contributed by atoms with van der Waals surface area (Å²) < 4.78 is 0. The number of aryl methyl sites for hydroxylation is 1. The summed E-state index contributed by atoms with van der Waals surface area (Å²) in [6.45, 7) is 1.88. The van der Waals surface area contributed by atoms with Gasteiger partial charge in [-0.3, -0.25) is 4.98 Å². The molecule has 0 saturated carbocycles. The highest BCUT2D eigenvalue weighted by atomic mass is 15.3. The van der Waals surface area contributed by atoms with Gasteiger partial charge >= 0.3 is 0 Å². The summed E-state index contributed by atoms with van der Waals surface area (Å²) in [7, 11) is 0. The maximum Gasteiger partial charge on any atom is 0.190 e. The molecule has 0 unspecified atom stereocenters. The summed E-state index contributed by atoms with van der Waals surface area (Å²) in [5.41, 5.74) is 2.60. The summed E-state index contributed by atoms with van der Waals surface area (Å²) in [6.07, 6.45) is 1.68. The van der Waals surface area contributed by atoms with Crippen LogP contribution in [0.15, 0.2) is 18.3 Å². The van der Waals surface area contributed by atoms with Crippen LogP contribution in [0, 0.1) is 18.3 Å². The van der Waals surface area contributed by atoms with E-state index in [1.165, 1.54) is 0 Å². The highest BCUT2D eigenvalue weighted by Crippen LogP contribution is 2.18. The van der Waals surface area contributed by atoms with E-state index in [9.17, 15) is 0 Å². The lowest BCUT2D eigenvalue weighted by Crippen LogP contribution is -1.85. The zero-order valence-electron chi connectivity index (χ0n) is 7.52. The number of rotatable bonds is 1. The number of hydrogen-bond donors (Lipinski definition) is 1. The normalized spacial score (nSPS) is 9.71. The van der Waals surface area contributed by atoms with Gasteiger partial charge in [0.1, 0.15) is 11.8 Å². The van der Waals surface area contributed by atoms with Crippen molar-refractivity contribution in [1.82, 2.24) is 20.4 Å². The van der Waals surface area contributed by atoms with E-state index in [4.69, 9.17) is 5.26 Å². The van der Waals surface area contributed by atoms with E-state index in [0.29, 0.717) is 11.4 Å². The molecule has 2 aromatic rings. The number of pyridine rings is 1. The van der Waals surface area contributed by atoms with Gasteiger partial charge in [0, 0.05) is 17.5 Å². The first-order valence-electron chi connectivity index (χ1n) is 4.05. The molecule has 68 valence electrons. The minimum Gasteiger partial charge on any atom is -0.262 e.